The number of aliphatic hydroxyl groups is 1. The second-order valence-electron chi connectivity index (χ2n) is 6.32. The summed E-state index contributed by atoms with van der Waals surface area (Å²) in [5.41, 5.74) is 0. The van der Waals surface area contributed by atoms with Gasteiger partial charge in [-0.15, -0.1) is 0 Å². The van der Waals surface area contributed by atoms with Crippen molar-refractivity contribution in [3.8, 4) is 0 Å². The molecule has 0 aromatic rings. The molecule has 0 radical (unpaired) electrons. The van der Waals surface area contributed by atoms with Gasteiger partial charge in [0.25, 0.3) is 0 Å². The summed E-state index contributed by atoms with van der Waals surface area (Å²) in [6.45, 7) is 7.18. The van der Waals surface area contributed by atoms with Crippen LogP contribution in [0.15, 0.2) is 0 Å². The number of urea groups is 1. The number of hydrogen-bond donors (Lipinski definition) is 2. The molecular formula is C15H29N3O2. The predicted molar refractivity (Wildman–Crippen MR) is 79.7 cm³/mol. The highest BCUT2D eigenvalue weighted by molar-refractivity contribution is 5.74. The van der Waals surface area contributed by atoms with Crippen molar-refractivity contribution in [3.05, 3.63) is 0 Å². The molecule has 0 aliphatic carbocycles. The maximum atomic E-state index is 12.2. The minimum atomic E-state index is 0.0610. The lowest BCUT2D eigenvalue weighted by atomic mass is 9.98. The zero-order valence-corrected chi connectivity index (χ0v) is 12.7. The number of carbonyl (C=O) groups excluding carboxylic acids is 1. The fourth-order valence-electron chi connectivity index (χ4n) is 3.20. The second-order valence-corrected chi connectivity index (χ2v) is 6.32. The topological polar surface area (TPSA) is 55.8 Å². The first-order valence-corrected chi connectivity index (χ1v) is 8.07. The summed E-state index contributed by atoms with van der Waals surface area (Å²) in [5.74, 6) is 0.379. The van der Waals surface area contributed by atoms with Crippen LogP contribution in [0, 0.1) is 5.92 Å². The predicted octanol–water partition coefficient (Wildman–Crippen LogP) is 1.27. The minimum Gasteiger partial charge on any atom is -0.396 e. The second kappa shape index (κ2) is 7.84. The van der Waals surface area contributed by atoms with Crippen molar-refractivity contribution in [1.82, 2.24) is 15.1 Å². The van der Waals surface area contributed by atoms with Crippen LogP contribution in [-0.2, 0) is 0 Å². The largest absolute Gasteiger partial charge is 0.396 e. The average molecular weight is 283 g/mol. The summed E-state index contributed by atoms with van der Waals surface area (Å²) in [6, 6.07) is 0.266. The Morgan fingerprint density at radius 1 is 1.20 bits per heavy atom. The molecule has 2 fully saturated rings. The zero-order valence-electron chi connectivity index (χ0n) is 12.7. The number of likely N-dealkylation sites (tertiary alicyclic amines) is 2. The van der Waals surface area contributed by atoms with Gasteiger partial charge in [0, 0.05) is 32.3 Å². The molecule has 5 nitrogen and oxygen atoms in total. The number of piperidine rings is 2. The van der Waals surface area contributed by atoms with Crippen LogP contribution < -0.4 is 5.32 Å². The van der Waals surface area contributed by atoms with E-state index in [2.05, 4.69) is 17.1 Å². The molecule has 5 heteroatoms. The van der Waals surface area contributed by atoms with Crippen LogP contribution in [0.25, 0.3) is 0 Å². The van der Waals surface area contributed by atoms with Crippen molar-refractivity contribution >= 4 is 6.03 Å². The number of aliphatic hydroxyl groups excluding tert-OH is 1. The standard InChI is InChI=1S/C15H29N3O2/c1-13(11-17-7-3-2-4-8-17)16-15(20)18-9-5-14(12-19)6-10-18/h13-14,19H,2-12H2,1H3,(H,16,20). The average Bonchev–Trinajstić information content (AvgIpc) is 2.48. The zero-order chi connectivity index (χ0) is 14.4. The van der Waals surface area contributed by atoms with Gasteiger partial charge in [-0.25, -0.2) is 4.79 Å². The fourth-order valence-corrected chi connectivity index (χ4v) is 3.20. The Hall–Kier alpha value is -0.810. The molecule has 1 unspecified atom stereocenters. The van der Waals surface area contributed by atoms with Crippen LogP contribution in [0.1, 0.15) is 39.0 Å². The smallest absolute Gasteiger partial charge is 0.317 e. The van der Waals surface area contributed by atoms with Gasteiger partial charge in [0.1, 0.15) is 0 Å². The first kappa shape index (κ1) is 15.6. The maximum Gasteiger partial charge on any atom is 0.317 e. The van der Waals surface area contributed by atoms with Gasteiger partial charge in [-0.05, 0) is 51.6 Å². The number of nitrogens with zero attached hydrogens (tertiary/aromatic N) is 2. The van der Waals surface area contributed by atoms with Gasteiger partial charge >= 0.3 is 6.03 Å². The third-order valence-corrected chi connectivity index (χ3v) is 4.51. The molecule has 2 amide bonds. The lowest BCUT2D eigenvalue weighted by Gasteiger charge is -2.33. The summed E-state index contributed by atoms with van der Waals surface area (Å²) in [6.07, 6.45) is 5.76. The maximum absolute atomic E-state index is 12.2. The highest BCUT2D eigenvalue weighted by Gasteiger charge is 2.23. The Kier molecular flexibility index (Phi) is 6.10. The Morgan fingerprint density at radius 2 is 1.85 bits per heavy atom. The third-order valence-electron chi connectivity index (χ3n) is 4.51. The SMILES string of the molecule is CC(CN1CCCCC1)NC(=O)N1CCC(CO)CC1. The molecule has 116 valence electrons. The molecule has 0 aromatic carbocycles. The van der Waals surface area contributed by atoms with Gasteiger partial charge in [0.2, 0.25) is 0 Å². The molecule has 2 saturated heterocycles. The third kappa shape index (κ3) is 4.63. The van der Waals surface area contributed by atoms with Gasteiger partial charge < -0.3 is 20.2 Å². The van der Waals surface area contributed by atoms with E-state index in [9.17, 15) is 4.79 Å². The van der Waals surface area contributed by atoms with Crippen molar-refractivity contribution in [1.29, 1.82) is 0 Å². The Bertz CT molecular complexity index is 297. The highest BCUT2D eigenvalue weighted by atomic mass is 16.3. The number of nitrogens with one attached hydrogen (secondary N) is 1. The Morgan fingerprint density at radius 3 is 2.45 bits per heavy atom. The van der Waals surface area contributed by atoms with Crippen molar-refractivity contribution < 1.29 is 9.90 Å². The summed E-state index contributed by atoms with van der Waals surface area (Å²) in [5, 5.41) is 12.2. The van der Waals surface area contributed by atoms with E-state index >= 15 is 0 Å². The lowest BCUT2D eigenvalue weighted by molar-refractivity contribution is 0.133. The monoisotopic (exact) mass is 283 g/mol. The summed E-state index contributed by atoms with van der Waals surface area (Å²) in [7, 11) is 0. The first-order valence-electron chi connectivity index (χ1n) is 8.07. The van der Waals surface area contributed by atoms with E-state index in [1.165, 1.54) is 32.4 Å². The van der Waals surface area contributed by atoms with Crippen molar-refractivity contribution in [2.75, 3.05) is 39.3 Å². The van der Waals surface area contributed by atoms with E-state index in [1.54, 1.807) is 0 Å². The van der Waals surface area contributed by atoms with Gasteiger partial charge in [0.15, 0.2) is 0 Å². The van der Waals surface area contributed by atoms with E-state index in [1.807, 2.05) is 4.90 Å². The molecule has 0 bridgehead atoms. The number of carbonyl (C=O) groups is 1. The summed E-state index contributed by atoms with van der Waals surface area (Å²) >= 11 is 0. The minimum absolute atomic E-state index is 0.0610. The van der Waals surface area contributed by atoms with Crippen molar-refractivity contribution in [3.63, 3.8) is 0 Å². The number of rotatable bonds is 4. The van der Waals surface area contributed by atoms with E-state index in [-0.39, 0.29) is 18.7 Å². The van der Waals surface area contributed by atoms with Gasteiger partial charge in [-0.3, -0.25) is 0 Å². The van der Waals surface area contributed by atoms with E-state index in [0.717, 1.165) is 32.5 Å². The van der Waals surface area contributed by atoms with Crippen LogP contribution in [0.4, 0.5) is 4.79 Å². The summed E-state index contributed by atoms with van der Waals surface area (Å²) in [4.78, 5) is 16.5. The highest BCUT2D eigenvalue weighted by Crippen LogP contribution is 2.16. The molecule has 0 aromatic heterocycles. The van der Waals surface area contributed by atoms with Crippen LogP contribution in [0.3, 0.4) is 0 Å². The number of amides is 2. The van der Waals surface area contributed by atoms with E-state index in [0.29, 0.717) is 5.92 Å². The Labute approximate surface area is 122 Å². The molecule has 20 heavy (non-hydrogen) atoms. The molecule has 2 aliphatic heterocycles. The molecule has 2 heterocycles. The molecule has 0 saturated carbocycles. The molecule has 2 rings (SSSR count). The van der Waals surface area contributed by atoms with Gasteiger partial charge in [-0.2, -0.15) is 0 Å². The van der Waals surface area contributed by atoms with Crippen LogP contribution in [0.2, 0.25) is 0 Å². The molecule has 1 atom stereocenters. The Balaban J connectivity index is 1.68. The van der Waals surface area contributed by atoms with Crippen molar-refractivity contribution in [2.24, 2.45) is 5.92 Å². The first-order chi connectivity index (χ1) is 9.69. The van der Waals surface area contributed by atoms with Crippen molar-refractivity contribution in [2.45, 2.75) is 45.1 Å². The quantitative estimate of drug-likeness (QED) is 0.817. The normalized spacial score (nSPS) is 23.6. The fraction of sp³-hybridized carbons (Fsp3) is 0.933. The van der Waals surface area contributed by atoms with E-state index in [4.69, 9.17) is 5.11 Å². The summed E-state index contributed by atoms with van der Waals surface area (Å²) < 4.78 is 0. The van der Waals surface area contributed by atoms with Gasteiger partial charge in [-0.1, -0.05) is 6.42 Å². The molecule has 0 spiro atoms. The molecule has 2 N–H and O–H groups in total. The van der Waals surface area contributed by atoms with Crippen LogP contribution >= 0.6 is 0 Å². The molecular weight excluding hydrogens is 254 g/mol. The van der Waals surface area contributed by atoms with E-state index < -0.39 is 0 Å². The molecule has 2 aliphatic rings. The number of hydrogen-bond acceptors (Lipinski definition) is 3. The van der Waals surface area contributed by atoms with Crippen LogP contribution in [-0.4, -0.2) is 66.3 Å². The van der Waals surface area contributed by atoms with Crippen LogP contribution in [0.5, 0.6) is 0 Å². The lowest BCUT2D eigenvalue weighted by Crippen LogP contribution is -2.50. The van der Waals surface area contributed by atoms with Gasteiger partial charge in [0.05, 0.1) is 0 Å².